The standard InChI is InChI=1S/C56H39N3O/c1-56(2)47-25-13-11-22-44(47)45-33-32-41(35-48(45)56)58(40-30-28-36(29-31-40)43-24-15-26-49-54(43)60-55(57-49)37-16-5-3-6-17-37)51-34-38-18-9-10-21-42(38)53-52(51)46-23-12-14-27-50(46)59(53)39-19-7-4-8-20-39/h3-35H,1-2H3. The van der Waals surface area contributed by atoms with Crippen LogP contribution in [0.5, 0.6) is 0 Å². The van der Waals surface area contributed by atoms with Crippen LogP contribution in [-0.2, 0) is 5.41 Å². The molecule has 2 aromatic heterocycles. The van der Waals surface area contributed by atoms with Crippen molar-refractivity contribution < 1.29 is 4.42 Å². The SMILES string of the molecule is CC1(C)c2ccccc2-c2ccc(N(c3ccc(-c4cccc5nc(-c6ccccc6)oc45)cc3)c3cc4ccccc4c4c3c3ccccc3n4-c3ccccc3)cc21. The molecule has 0 fully saturated rings. The summed E-state index contributed by atoms with van der Waals surface area (Å²) >= 11 is 0. The number of hydrogen-bond donors (Lipinski definition) is 0. The van der Waals surface area contributed by atoms with E-state index >= 15 is 0 Å². The lowest BCUT2D eigenvalue weighted by Crippen LogP contribution is -2.16. The minimum atomic E-state index is -0.159. The van der Waals surface area contributed by atoms with Crippen LogP contribution in [0.25, 0.3) is 83.1 Å². The molecule has 1 aliphatic rings. The van der Waals surface area contributed by atoms with Gasteiger partial charge < -0.3 is 13.9 Å². The van der Waals surface area contributed by atoms with E-state index in [1.165, 1.54) is 54.8 Å². The third-order valence-electron chi connectivity index (χ3n) is 12.6. The Kier molecular flexibility index (Phi) is 7.54. The summed E-state index contributed by atoms with van der Waals surface area (Å²) in [5, 5.41) is 4.81. The molecule has 0 atom stereocenters. The number of para-hydroxylation sites is 3. The summed E-state index contributed by atoms with van der Waals surface area (Å²) in [6, 6.07) is 72.0. The van der Waals surface area contributed by atoms with Crippen LogP contribution in [0.15, 0.2) is 205 Å². The van der Waals surface area contributed by atoms with E-state index < -0.39 is 0 Å². The molecule has 0 aliphatic heterocycles. The zero-order valence-electron chi connectivity index (χ0n) is 33.3. The van der Waals surface area contributed by atoms with Crippen molar-refractivity contribution in [2.75, 3.05) is 4.90 Å². The average molecular weight is 770 g/mol. The van der Waals surface area contributed by atoms with E-state index in [4.69, 9.17) is 9.40 Å². The van der Waals surface area contributed by atoms with Crippen LogP contribution in [0, 0.1) is 0 Å². The number of anilines is 3. The van der Waals surface area contributed by atoms with Gasteiger partial charge in [-0.05, 0) is 99.9 Å². The van der Waals surface area contributed by atoms with E-state index in [1.807, 2.05) is 36.4 Å². The summed E-state index contributed by atoms with van der Waals surface area (Å²) in [7, 11) is 0. The first-order chi connectivity index (χ1) is 29.5. The molecule has 0 bridgehead atoms. The van der Waals surface area contributed by atoms with Gasteiger partial charge in [-0.15, -0.1) is 0 Å². The Bertz CT molecular complexity index is 3450. The molecule has 60 heavy (non-hydrogen) atoms. The molecule has 12 rings (SSSR count). The van der Waals surface area contributed by atoms with Gasteiger partial charge in [-0.25, -0.2) is 4.98 Å². The highest BCUT2D eigenvalue weighted by molar-refractivity contribution is 6.24. The van der Waals surface area contributed by atoms with Crippen LogP contribution in [0.2, 0.25) is 0 Å². The molecule has 0 spiro atoms. The predicted molar refractivity (Wildman–Crippen MR) is 249 cm³/mol. The predicted octanol–water partition coefficient (Wildman–Crippen LogP) is 15.2. The molecule has 0 saturated carbocycles. The van der Waals surface area contributed by atoms with Crippen LogP contribution < -0.4 is 4.90 Å². The highest BCUT2D eigenvalue weighted by Gasteiger charge is 2.36. The Morgan fingerprint density at radius 2 is 1.18 bits per heavy atom. The van der Waals surface area contributed by atoms with Gasteiger partial charge in [0.1, 0.15) is 5.52 Å². The van der Waals surface area contributed by atoms with Crippen molar-refractivity contribution in [3.63, 3.8) is 0 Å². The Morgan fingerprint density at radius 1 is 0.517 bits per heavy atom. The molecule has 0 amide bonds. The molecule has 4 heteroatoms. The second-order valence-corrected chi connectivity index (χ2v) is 16.4. The maximum Gasteiger partial charge on any atom is 0.227 e. The van der Waals surface area contributed by atoms with Gasteiger partial charge in [0.15, 0.2) is 5.58 Å². The second-order valence-electron chi connectivity index (χ2n) is 16.4. The molecule has 4 nitrogen and oxygen atoms in total. The Balaban J connectivity index is 1.11. The Morgan fingerprint density at radius 3 is 2.02 bits per heavy atom. The number of nitrogens with zero attached hydrogens (tertiary/aromatic N) is 3. The van der Waals surface area contributed by atoms with Gasteiger partial charge >= 0.3 is 0 Å². The van der Waals surface area contributed by atoms with Crippen LogP contribution in [0.1, 0.15) is 25.0 Å². The number of hydrogen-bond acceptors (Lipinski definition) is 3. The largest absolute Gasteiger partial charge is 0.435 e. The molecule has 2 heterocycles. The third-order valence-corrected chi connectivity index (χ3v) is 12.6. The topological polar surface area (TPSA) is 34.2 Å². The summed E-state index contributed by atoms with van der Waals surface area (Å²) in [6.45, 7) is 4.71. The van der Waals surface area contributed by atoms with Crippen LogP contribution in [0.3, 0.4) is 0 Å². The zero-order chi connectivity index (χ0) is 40.0. The molecule has 0 radical (unpaired) electrons. The summed E-state index contributed by atoms with van der Waals surface area (Å²) in [6.07, 6.45) is 0. The van der Waals surface area contributed by atoms with Gasteiger partial charge in [0.05, 0.1) is 16.7 Å². The fraction of sp³-hybridized carbons (Fsp3) is 0.0536. The van der Waals surface area contributed by atoms with Crippen molar-refractivity contribution >= 4 is 60.7 Å². The monoisotopic (exact) mass is 769 g/mol. The number of fused-ring (bicyclic) bond motifs is 9. The molecular weight excluding hydrogens is 731 g/mol. The zero-order valence-corrected chi connectivity index (χ0v) is 33.3. The van der Waals surface area contributed by atoms with Crippen molar-refractivity contribution in [3.8, 4) is 39.4 Å². The lowest BCUT2D eigenvalue weighted by atomic mass is 9.82. The van der Waals surface area contributed by atoms with Crippen LogP contribution >= 0.6 is 0 Å². The van der Waals surface area contributed by atoms with Crippen LogP contribution in [-0.4, -0.2) is 9.55 Å². The van der Waals surface area contributed by atoms with Gasteiger partial charge in [-0.3, -0.25) is 0 Å². The minimum Gasteiger partial charge on any atom is -0.435 e. The fourth-order valence-corrected chi connectivity index (χ4v) is 9.76. The van der Waals surface area contributed by atoms with Crippen molar-refractivity contribution in [1.29, 1.82) is 0 Å². The maximum absolute atomic E-state index is 6.49. The summed E-state index contributed by atoms with van der Waals surface area (Å²) in [4.78, 5) is 7.35. The van der Waals surface area contributed by atoms with Crippen molar-refractivity contribution in [2.24, 2.45) is 0 Å². The van der Waals surface area contributed by atoms with Gasteiger partial charge in [0.25, 0.3) is 0 Å². The average Bonchev–Trinajstić information content (AvgIpc) is 3.97. The second kappa shape index (κ2) is 13.2. The first kappa shape index (κ1) is 34.4. The number of benzene rings is 9. The van der Waals surface area contributed by atoms with Gasteiger partial charge in [0.2, 0.25) is 5.89 Å². The summed E-state index contributed by atoms with van der Waals surface area (Å²) in [5.41, 5.74) is 16.6. The molecule has 9 aromatic carbocycles. The van der Waals surface area contributed by atoms with E-state index in [1.54, 1.807) is 0 Å². The van der Waals surface area contributed by atoms with Gasteiger partial charge in [-0.2, -0.15) is 0 Å². The minimum absolute atomic E-state index is 0.159. The third kappa shape index (κ3) is 5.14. The fourth-order valence-electron chi connectivity index (χ4n) is 9.76. The van der Waals surface area contributed by atoms with E-state index in [2.05, 4.69) is 187 Å². The lowest BCUT2D eigenvalue weighted by Gasteiger charge is -2.29. The molecular formula is C56H39N3O. The van der Waals surface area contributed by atoms with E-state index in [0.29, 0.717) is 5.89 Å². The first-order valence-corrected chi connectivity index (χ1v) is 20.6. The van der Waals surface area contributed by atoms with Crippen molar-refractivity contribution in [2.45, 2.75) is 19.3 Å². The highest BCUT2D eigenvalue weighted by atomic mass is 16.3. The van der Waals surface area contributed by atoms with Crippen molar-refractivity contribution in [1.82, 2.24) is 9.55 Å². The lowest BCUT2D eigenvalue weighted by molar-refractivity contribution is 0.621. The quantitative estimate of drug-likeness (QED) is 0.169. The number of oxazole rings is 1. The summed E-state index contributed by atoms with van der Waals surface area (Å²) < 4.78 is 8.94. The molecule has 0 saturated heterocycles. The molecule has 0 unspecified atom stereocenters. The Labute approximate surface area is 348 Å². The van der Waals surface area contributed by atoms with Gasteiger partial charge in [-0.1, -0.05) is 147 Å². The molecule has 0 N–H and O–H groups in total. The normalized spacial score (nSPS) is 13.0. The van der Waals surface area contributed by atoms with E-state index in [-0.39, 0.29) is 5.41 Å². The van der Waals surface area contributed by atoms with Gasteiger partial charge in [0, 0.05) is 49.8 Å². The smallest absolute Gasteiger partial charge is 0.227 e. The van der Waals surface area contributed by atoms with Crippen molar-refractivity contribution in [3.05, 3.63) is 211 Å². The first-order valence-electron chi connectivity index (χ1n) is 20.6. The van der Waals surface area contributed by atoms with Crippen LogP contribution in [0.4, 0.5) is 17.1 Å². The highest BCUT2D eigenvalue weighted by Crippen LogP contribution is 2.52. The summed E-state index contributed by atoms with van der Waals surface area (Å²) in [5.74, 6) is 0.623. The maximum atomic E-state index is 6.49. The number of rotatable bonds is 6. The van der Waals surface area contributed by atoms with E-state index in [9.17, 15) is 0 Å². The molecule has 1 aliphatic carbocycles. The number of aromatic nitrogens is 2. The van der Waals surface area contributed by atoms with E-state index in [0.717, 1.165) is 50.5 Å². The Hall–Kier alpha value is -7.69. The molecule has 11 aromatic rings. The molecule has 284 valence electrons.